The number of hydrogen-bond donors (Lipinski definition) is 4. The number of methoxy groups -OCH3 is 3. The molecule has 0 saturated heterocycles. The molecule has 0 unspecified atom stereocenters. The molecule has 9 aromatic carbocycles. The normalized spacial score (nSPS) is 11.3. The van der Waals surface area contributed by atoms with Crippen molar-refractivity contribution in [3.8, 4) is 102 Å². The largest absolute Gasteiger partial charge is 0.481 e. The monoisotopic (exact) mass is 1460 g/mol. The van der Waals surface area contributed by atoms with E-state index in [9.17, 15) is 18.8 Å². The summed E-state index contributed by atoms with van der Waals surface area (Å²) in [7, 11) is 6.78. The van der Waals surface area contributed by atoms with Crippen LogP contribution in [0.3, 0.4) is 0 Å². The molecule has 108 heavy (non-hydrogen) atoms. The van der Waals surface area contributed by atoms with E-state index in [-0.39, 0.29) is 31.2 Å². The van der Waals surface area contributed by atoms with Crippen molar-refractivity contribution in [2.45, 2.75) is 106 Å². The second-order valence-corrected chi connectivity index (χ2v) is 27.1. The molecular weight excluding hydrogens is 1370 g/mol. The smallest absolute Gasteiger partial charge is 0.307 e. The van der Waals surface area contributed by atoms with Gasteiger partial charge in [-0.15, -0.1) is 0 Å². The molecule has 0 radical (unpaired) electrons. The summed E-state index contributed by atoms with van der Waals surface area (Å²) in [5.74, 6) is 0.309. The molecule has 0 aliphatic carbocycles. The SMILES string of the molecule is COCc1cc(-c2nc(-c3ccc(F)c(CN(C)CCC(=O)O)c3)no2)ccc1-c1ccccc1C.COCc1cc(-c2nc(-c3cccc(CNCCC(=O)O)c3)no2)ccc1-c1ccccc1C.COCc1cc(-c2nc(-c3cccc(CNCCC(=O)OC(C)(C)C)c3)no2)ccc1-c1ccccc1C. The van der Waals surface area contributed by atoms with Crippen molar-refractivity contribution >= 4 is 17.9 Å². The maximum absolute atomic E-state index is 14.4. The number of carboxylic acids is 2. The fraction of sp³-hybridized carbons (Fsp3) is 0.267. The Hall–Kier alpha value is -11.5. The highest BCUT2D eigenvalue weighted by Gasteiger charge is 2.21. The highest BCUT2D eigenvalue weighted by atomic mass is 19.1. The predicted octanol–water partition coefficient (Wildman–Crippen LogP) is 17.0. The van der Waals surface area contributed by atoms with Crippen LogP contribution in [-0.4, -0.2) is 117 Å². The molecule has 12 rings (SSSR count). The van der Waals surface area contributed by atoms with Gasteiger partial charge in [0.2, 0.25) is 17.5 Å². The van der Waals surface area contributed by atoms with Gasteiger partial charge in [0.15, 0.2) is 0 Å². The molecule has 0 fully saturated rings. The van der Waals surface area contributed by atoms with E-state index in [4.69, 9.17) is 42.7 Å². The van der Waals surface area contributed by atoms with Crippen molar-refractivity contribution in [1.29, 1.82) is 0 Å². The summed E-state index contributed by atoms with van der Waals surface area (Å²) in [5.41, 5.74) is 20.2. The van der Waals surface area contributed by atoms with Gasteiger partial charge in [-0.05, 0) is 193 Å². The maximum Gasteiger partial charge on any atom is 0.307 e. The molecule has 4 N–H and O–H groups in total. The van der Waals surface area contributed by atoms with Gasteiger partial charge in [0, 0.05) is 99.5 Å². The minimum atomic E-state index is -0.893. The summed E-state index contributed by atoms with van der Waals surface area (Å²) in [6.45, 7) is 15.9. The number of benzene rings is 9. The Kier molecular flexibility index (Phi) is 27.9. The Morgan fingerprint density at radius 1 is 0.444 bits per heavy atom. The van der Waals surface area contributed by atoms with E-state index < -0.39 is 17.5 Å². The zero-order valence-corrected chi connectivity index (χ0v) is 62.4. The van der Waals surface area contributed by atoms with E-state index in [1.54, 1.807) is 45.4 Å². The zero-order chi connectivity index (χ0) is 76.7. The van der Waals surface area contributed by atoms with Gasteiger partial charge in [0.25, 0.3) is 17.7 Å². The van der Waals surface area contributed by atoms with Gasteiger partial charge < -0.3 is 58.3 Å². The number of nitrogens with one attached hydrogen (secondary N) is 2. The van der Waals surface area contributed by atoms with Crippen molar-refractivity contribution in [2.24, 2.45) is 0 Å². The van der Waals surface area contributed by atoms with Crippen molar-refractivity contribution < 1.29 is 61.5 Å². The average Bonchev–Trinajstić information content (AvgIpc) is 1.47. The number of halogens is 1. The van der Waals surface area contributed by atoms with Crippen LogP contribution in [0.1, 0.15) is 90.1 Å². The molecular formula is C86H90FN9O12. The lowest BCUT2D eigenvalue weighted by Gasteiger charge is -2.19. The number of carbonyl (C=O) groups is 3. The number of carboxylic acid groups (broad SMARTS) is 2. The lowest BCUT2D eigenvalue weighted by atomic mass is 9.94. The van der Waals surface area contributed by atoms with E-state index in [0.29, 0.717) is 105 Å². The number of ether oxygens (including phenoxy) is 4. The fourth-order valence-electron chi connectivity index (χ4n) is 12.2. The third-order valence-corrected chi connectivity index (χ3v) is 17.5. The molecule has 12 aromatic rings. The van der Waals surface area contributed by atoms with Crippen LogP contribution in [0.4, 0.5) is 4.39 Å². The molecule has 22 heteroatoms. The topological polar surface area (TPSA) is 273 Å². The standard InChI is InChI=1S/C31H35N3O4.C28H28FN3O4.C27H27N3O4/c1-21-9-6-7-12-26(21)27-14-13-24(18-25(27)20-36-5)30-33-29(34-38-30)23-11-8-10-22(17-23)19-32-16-15-28(35)37-31(2,3)4;1-18-6-4-5-7-23(18)24-10-8-20(15-22(24)17-35-3)28-30-27(31-36-28)19-9-11-25(29)21(14-19)16-32(2)13-12-26(33)34;1-18-6-3-4-9-23(18)24-11-10-21(15-22(24)17-33-2)27-29-26(30-34-27)20-8-5-7-19(14-20)16-28-13-12-25(31)32/h6-14,17-18,32H,15-16,19-20H2,1-5H3;4-11,14-15H,12-13,16-17H2,1-3H3,(H,33,34);3-11,14-15,28H,12-13,16-17H2,1-2H3,(H,31,32). The fourth-order valence-corrected chi connectivity index (χ4v) is 12.2. The second-order valence-electron chi connectivity index (χ2n) is 27.1. The molecule has 0 aliphatic rings. The van der Waals surface area contributed by atoms with Gasteiger partial charge >= 0.3 is 17.9 Å². The summed E-state index contributed by atoms with van der Waals surface area (Å²) >= 11 is 0. The van der Waals surface area contributed by atoms with Gasteiger partial charge in [-0.25, -0.2) is 4.39 Å². The molecule has 0 aliphatic heterocycles. The molecule has 3 heterocycles. The van der Waals surface area contributed by atoms with Gasteiger partial charge in [-0.2, -0.15) is 15.0 Å². The van der Waals surface area contributed by atoms with E-state index in [2.05, 4.69) is 110 Å². The quantitative estimate of drug-likeness (QED) is 0.0241. The first-order chi connectivity index (χ1) is 52.1. The Bertz CT molecular complexity index is 5020. The number of hydrogen-bond acceptors (Lipinski definition) is 19. The highest BCUT2D eigenvalue weighted by Crippen LogP contribution is 2.36. The van der Waals surface area contributed by atoms with Crippen LogP contribution in [-0.2, 0) is 72.8 Å². The second kappa shape index (κ2) is 38.2. The van der Waals surface area contributed by atoms with E-state index in [1.165, 1.54) is 33.9 Å². The molecule has 3 aromatic heterocycles. The number of aryl methyl sites for hydroxylation is 3. The summed E-state index contributed by atoms with van der Waals surface area (Å²) in [6.07, 6.45) is 0.389. The van der Waals surface area contributed by atoms with Gasteiger partial charge in [-0.3, -0.25) is 14.4 Å². The van der Waals surface area contributed by atoms with E-state index in [0.717, 1.165) is 77.9 Å². The molecule has 0 saturated carbocycles. The first kappa shape index (κ1) is 79.1. The first-order valence-corrected chi connectivity index (χ1v) is 35.4. The number of esters is 1. The highest BCUT2D eigenvalue weighted by molar-refractivity contribution is 5.77. The van der Waals surface area contributed by atoms with Crippen LogP contribution in [0.15, 0.2) is 208 Å². The lowest BCUT2D eigenvalue weighted by Crippen LogP contribution is -2.26. The van der Waals surface area contributed by atoms with Crippen LogP contribution >= 0.6 is 0 Å². The van der Waals surface area contributed by atoms with Crippen molar-refractivity contribution in [1.82, 2.24) is 46.0 Å². The van der Waals surface area contributed by atoms with E-state index >= 15 is 0 Å². The predicted molar refractivity (Wildman–Crippen MR) is 413 cm³/mol. The Labute approximate surface area is 628 Å². The van der Waals surface area contributed by atoms with Crippen molar-refractivity contribution in [3.05, 3.63) is 250 Å². The van der Waals surface area contributed by atoms with E-state index in [1.807, 2.05) is 148 Å². The van der Waals surface area contributed by atoms with Crippen LogP contribution < -0.4 is 10.6 Å². The van der Waals surface area contributed by atoms with Gasteiger partial charge in [0.1, 0.15) is 11.4 Å². The van der Waals surface area contributed by atoms with Gasteiger partial charge in [-0.1, -0.05) is 143 Å². The molecule has 0 bridgehead atoms. The molecule has 0 spiro atoms. The summed E-state index contributed by atoms with van der Waals surface area (Å²) in [5, 5.41) is 36.6. The number of nitrogens with zero attached hydrogens (tertiary/aromatic N) is 7. The summed E-state index contributed by atoms with van der Waals surface area (Å²) < 4.78 is 52.9. The van der Waals surface area contributed by atoms with Crippen molar-refractivity contribution in [2.75, 3.05) is 48.0 Å². The third-order valence-electron chi connectivity index (χ3n) is 17.5. The Morgan fingerprint density at radius 2 is 0.815 bits per heavy atom. The minimum Gasteiger partial charge on any atom is -0.481 e. The average molecular weight is 1460 g/mol. The molecule has 0 atom stereocenters. The minimum absolute atomic E-state index is 0.0142. The van der Waals surface area contributed by atoms with Gasteiger partial charge in [0.05, 0.1) is 39.1 Å². The van der Waals surface area contributed by atoms with Crippen LogP contribution in [0.5, 0.6) is 0 Å². The zero-order valence-electron chi connectivity index (χ0n) is 62.4. The third kappa shape index (κ3) is 22.1. The molecule has 0 amide bonds. The number of aliphatic carboxylic acids is 2. The maximum atomic E-state index is 14.4. The number of carbonyl (C=O) groups excluding carboxylic acids is 1. The summed E-state index contributed by atoms with van der Waals surface area (Å²) in [4.78, 5) is 49.0. The lowest BCUT2D eigenvalue weighted by molar-refractivity contribution is -0.154. The Morgan fingerprint density at radius 3 is 1.19 bits per heavy atom. The van der Waals surface area contributed by atoms with Crippen LogP contribution in [0.25, 0.3) is 102 Å². The first-order valence-electron chi connectivity index (χ1n) is 35.4. The van der Waals surface area contributed by atoms with Crippen LogP contribution in [0.2, 0.25) is 0 Å². The van der Waals surface area contributed by atoms with Crippen LogP contribution in [0, 0.1) is 26.6 Å². The Balaban J connectivity index is 0.000000173. The summed E-state index contributed by atoms with van der Waals surface area (Å²) in [6, 6.07) is 63.3. The van der Waals surface area contributed by atoms with Crippen molar-refractivity contribution in [3.63, 3.8) is 0 Å². The number of aromatic nitrogens is 6. The number of rotatable bonds is 30. The molecule has 558 valence electrons. The molecule has 21 nitrogen and oxygen atoms in total.